The van der Waals surface area contributed by atoms with Crippen LogP contribution in [0.3, 0.4) is 0 Å². The van der Waals surface area contributed by atoms with E-state index in [2.05, 4.69) is 36.3 Å². The Morgan fingerprint density at radius 3 is 2.52 bits per heavy atom. The predicted molar refractivity (Wildman–Crippen MR) is 85.6 cm³/mol. The van der Waals surface area contributed by atoms with Gasteiger partial charge in [-0.1, -0.05) is 19.1 Å². The fourth-order valence-electron chi connectivity index (χ4n) is 3.49. The molecule has 1 aromatic rings. The summed E-state index contributed by atoms with van der Waals surface area (Å²) in [6, 6.07) is 8.95. The number of rotatable bonds is 5. The smallest absolute Gasteiger partial charge is 0.251 e. The van der Waals surface area contributed by atoms with Crippen LogP contribution in [0.5, 0.6) is 0 Å². The van der Waals surface area contributed by atoms with E-state index in [1.54, 1.807) is 0 Å². The van der Waals surface area contributed by atoms with Crippen LogP contribution in [0.4, 0.5) is 0 Å². The maximum absolute atomic E-state index is 12.4. The fourth-order valence-corrected chi connectivity index (χ4v) is 3.49. The highest BCUT2D eigenvalue weighted by atomic mass is 16.1. The molecule has 1 aromatic carbocycles. The van der Waals surface area contributed by atoms with Crippen molar-refractivity contribution in [3.63, 3.8) is 0 Å². The van der Waals surface area contributed by atoms with Crippen molar-refractivity contribution >= 4 is 5.91 Å². The number of hydrogen-bond donors (Lipinski definition) is 1. The van der Waals surface area contributed by atoms with Gasteiger partial charge in [-0.25, -0.2) is 0 Å². The van der Waals surface area contributed by atoms with Crippen LogP contribution < -0.4 is 5.32 Å². The summed E-state index contributed by atoms with van der Waals surface area (Å²) < 4.78 is 0. The van der Waals surface area contributed by atoms with Gasteiger partial charge in [-0.15, -0.1) is 0 Å². The van der Waals surface area contributed by atoms with Crippen LogP contribution in [0.1, 0.15) is 60.9 Å². The van der Waals surface area contributed by atoms with Crippen LogP contribution in [0.15, 0.2) is 24.3 Å². The molecule has 0 radical (unpaired) electrons. The van der Waals surface area contributed by atoms with Gasteiger partial charge in [-0.3, -0.25) is 4.79 Å². The summed E-state index contributed by atoms with van der Waals surface area (Å²) >= 11 is 0. The number of amides is 1. The van der Waals surface area contributed by atoms with Crippen molar-refractivity contribution in [2.45, 2.75) is 57.0 Å². The summed E-state index contributed by atoms with van der Waals surface area (Å²) in [5.41, 5.74) is 2.17. The molecule has 3 nitrogen and oxygen atoms in total. The van der Waals surface area contributed by atoms with E-state index in [1.807, 2.05) is 12.1 Å². The number of hydrogen-bond acceptors (Lipinski definition) is 2. The topological polar surface area (TPSA) is 32.3 Å². The molecule has 21 heavy (non-hydrogen) atoms. The molecular weight excluding hydrogens is 260 g/mol. The summed E-state index contributed by atoms with van der Waals surface area (Å²) in [7, 11) is 2.16. The van der Waals surface area contributed by atoms with E-state index in [-0.39, 0.29) is 11.9 Å². The van der Waals surface area contributed by atoms with Gasteiger partial charge < -0.3 is 10.2 Å². The van der Waals surface area contributed by atoms with E-state index < -0.39 is 0 Å². The number of nitrogens with one attached hydrogen (secondary N) is 1. The Bertz CT molecular complexity index is 492. The van der Waals surface area contributed by atoms with Gasteiger partial charge in [-0.2, -0.15) is 0 Å². The van der Waals surface area contributed by atoms with Crippen molar-refractivity contribution in [1.29, 1.82) is 0 Å². The number of likely N-dealkylation sites (N-methyl/N-ethyl adjacent to an activating group) is 1. The third-order valence-electron chi connectivity index (χ3n) is 5.02. The first-order valence-electron chi connectivity index (χ1n) is 8.30. The zero-order chi connectivity index (χ0) is 14.8. The van der Waals surface area contributed by atoms with Crippen LogP contribution in [0.25, 0.3) is 0 Å². The Kier molecular flexibility index (Phi) is 4.29. The Morgan fingerprint density at radius 1 is 1.29 bits per heavy atom. The van der Waals surface area contributed by atoms with Gasteiger partial charge in [0.2, 0.25) is 0 Å². The van der Waals surface area contributed by atoms with Gasteiger partial charge in [0.05, 0.1) is 0 Å². The van der Waals surface area contributed by atoms with Crippen LogP contribution in [0.2, 0.25) is 0 Å². The number of nitrogens with zero attached hydrogens (tertiary/aromatic N) is 1. The van der Waals surface area contributed by atoms with Crippen LogP contribution in [-0.2, 0) is 0 Å². The van der Waals surface area contributed by atoms with Crippen LogP contribution in [-0.4, -0.2) is 36.5 Å². The van der Waals surface area contributed by atoms with E-state index in [4.69, 9.17) is 0 Å². The first-order chi connectivity index (χ1) is 10.2. The molecule has 1 N–H and O–H groups in total. The maximum atomic E-state index is 12.4. The zero-order valence-electron chi connectivity index (χ0n) is 13.1. The lowest BCUT2D eigenvalue weighted by Crippen LogP contribution is -2.47. The molecule has 1 saturated carbocycles. The lowest BCUT2D eigenvalue weighted by molar-refractivity contribution is 0.0911. The maximum Gasteiger partial charge on any atom is 0.251 e. The Labute approximate surface area is 127 Å². The largest absolute Gasteiger partial charge is 0.348 e. The first kappa shape index (κ1) is 14.6. The average Bonchev–Trinajstić information content (AvgIpc) is 3.27. The summed E-state index contributed by atoms with van der Waals surface area (Å²) in [5, 5.41) is 3.24. The first-order valence-corrected chi connectivity index (χ1v) is 8.30. The summed E-state index contributed by atoms with van der Waals surface area (Å²) in [6.45, 7) is 3.31. The Morgan fingerprint density at radius 2 is 2.00 bits per heavy atom. The van der Waals surface area contributed by atoms with Gasteiger partial charge in [0, 0.05) is 17.6 Å². The molecule has 3 heteroatoms. The molecule has 1 saturated heterocycles. The molecule has 2 atom stereocenters. The van der Waals surface area contributed by atoms with Crippen LogP contribution in [0, 0.1) is 0 Å². The lowest BCUT2D eigenvalue weighted by atomic mass is 10.0. The van der Waals surface area contributed by atoms with Crippen molar-refractivity contribution in [2.24, 2.45) is 0 Å². The standard InChI is InChI=1S/C18H26N2O/c1-3-16(17-5-4-12-20(17)2)19-18(21)15-10-8-14(9-11-15)13-6-7-13/h8-11,13,16-17H,3-7,12H2,1-2H3,(H,19,21). The number of benzene rings is 1. The van der Waals surface area contributed by atoms with Crippen LogP contribution >= 0.6 is 0 Å². The quantitative estimate of drug-likeness (QED) is 0.901. The van der Waals surface area contributed by atoms with Crippen molar-refractivity contribution < 1.29 is 4.79 Å². The molecule has 1 aliphatic heterocycles. The monoisotopic (exact) mass is 286 g/mol. The molecule has 2 unspecified atom stereocenters. The van der Waals surface area contributed by atoms with E-state index in [0.717, 1.165) is 24.4 Å². The summed E-state index contributed by atoms with van der Waals surface area (Å²) in [4.78, 5) is 14.8. The fraction of sp³-hybridized carbons (Fsp3) is 0.611. The minimum absolute atomic E-state index is 0.0736. The molecule has 0 spiro atoms. The van der Waals surface area contributed by atoms with Gasteiger partial charge in [0.25, 0.3) is 5.91 Å². The number of likely N-dealkylation sites (tertiary alicyclic amines) is 1. The predicted octanol–water partition coefficient (Wildman–Crippen LogP) is 3.17. The third kappa shape index (κ3) is 3.29. The molecule has 1 heterocycles. The highest BCUT2D eigenvalue weighted by Gasteiger charge is 2.29. The lowest BCUT2D eigenvalue weighted by Gasteiger charge is -2.29. The molecule has 1 amide bonds. The Hall–Kier alpha value is -1.35. The normalized spacial score (nSPS) is 24.0. The minimum Gasteiger partial charge on any atom is -0.348 e. The molecule has 2 fully saturated rings. The van der Waals surface area contributed by atoms with E-state index >= 15 is 0 Å². The highest BCUT2D eigenvalue weighted by Crippen LogP contribution is 2.39. The van der Waals surface area contributed by atoms with Gasteiger partial charge in [-0.05, 0) is 69.3 Å². The van der Waals surface area contributed by atoms with Gasteiger partial charge >= 0.3 is 0 Å². The molecular formula is C18H26N2O. The minimum atomic E-state index is 0.0736. The van der Waals surface area contributed by atoms with Crippen molar-refractivity contribution in [1.82, 2.24) is 10.2 Å². The second-order valence-electron chi connectivity index (χ2n) is 6.57. The summed E-state index contributed by atoms with van der Waals surface area (Å²) in [5.74, 6) is 0.821. The van der Waals surface area contributed by atoms with Gasteiger partial charge in [0.15, 0.2) is 0 Å². The van der Waals surface area contributed by atoms with Gasteiger partial charge in [0.1, 0.15) is 0 Å². The highest BCUT2D eigenvalue weighted by molar-refractivity contribution is 5.94. The van der Waals surface area contributed by atoms with E-state index in [1.165, 1.54) is 31.2 Å². The second-order valence-corrected chi connectivity index (χ2v) is 6.57. The molecule has 2 aliphatic rings. The molecule has 0 aromatic heterocycles. The van der Waals surface area contributed by atoms with E-state index in [9.17, 15) is 4.79 Å². The molecule has 3 rings (SSSR count). The van der Waals surface area contributed by atoms with Crippen molar-refractivity contribution in [2.75, 3.05) is 13.6 Å². The Balaban J connectivity index is 1.63. The SMILES string of the molecule is CCC(NC(=O)c1ccc(C2CC2)cc1)C1CCCN1C. The molecule has 0 bridgehead atoms. The van der Waals surface area contributed by atoms with Crippen molar-refractivity contribution in [3.8, 4) is 0 Å². The zero-order valence-corrected chi connectivity index (χ0v) is 13.1. The molecule has 1 aliphatic carbocycles. The number of carbonyl (C=O) groups excluding carboxylic acids is 1. The van der Waals surface area contributed by atoms with E-state index in [0.29, 0.717) is 6.04 Å². The molecule has 114 valence electrons. The average molecular weight is 286 g/mol. The summed E-state index contributed by atoms with van der Waals surface area (Å²) in [6.07, 6.45) is 6.02. The second kappa shape index (κ2) is 6.18. The van der Waals surface area contributed by atoms with Crippen molar-refractivity contribution in [3.05, 3.63) is 35.4 Å². The third-order valence-corrected chi connectivity index (χ3v) is 5.02. The number of carbonyl (C=O) groups is 1.